The summed E-state index contributed by atoms with van der Waals surface area (Å²) in [4.78, 5) is 24.0. The van der Waals surface area contributed by atoms with Gasteiger partial charge in [0.2, 0.25) is 5.95 Å². The van der Waals surface area contributed by atoms with Crippen LogP contribution in [0.15, 0.2) is 82.0 Å². The summed E-state index contributed by atoms with van der Waals surface area (Å²) in [7, 11) is 7.98. The predicted molar refractivity (Wildman–Crippen MR) is 166 cm³/mol. The van der Waals surface area contributed by atoms with Gasteiger partial charge in [0.05, 0.1) is 5.56 Å². The molecule has 3 heterocycles. The van der Waals surface area contributed by atoms with Gasteiger partial charge in [0.15, 0.2) is 11.4 Å². The van der Waals surface area contributed by atoms with Crippen LogP contribution >= 0.6 is 31.9 Å². The van der Waals surface area contributed by atoms with Crippen molar-refractivity contribution in [3.05, 3.63) is 110 Å². The lowest BCUT2D eigenvalue weighted by atomic mass is 10.0. The molecule has 0 amide bonds. The van der Waals surface area contributed by atoms with E-state index in [0.29, 0.717) is 4.47 Å². The lowest BCUT2D eigenvalue weighted by Gasteiger charge is -2.12. The SMILES string of the molecule is CN(C)c1ccc(CC(=O)c2cc(Br)cnc2F)cc1.CN(C)c1ccc(Cc2[nH]nc3ncc(Br)cc23)cc1. The van der Waals surface area contributed by atoms with Crippen LogP contribution in [-0.4, -0.2) is 54.1 Å². The third-order valence-electron chi connectivity index (χ3n) is 6.21. The maximum Gasteiger partial charge on any atom is 0.223 e. The van der Waals surface area contributed by atoms with E-state index in [2.05, 4.69) is 87.3 Å². The molecule has 206 valence electrons. The Morgan fingerprint density at radius 3 is 1.98 bits per heavy atom. The van der Waals surface area contributed by atoms with Crippen molar-refractivity contribution >= 4 is 60.1 Å². The molecule has 0 radical (unpaired) electrons. The van der Waals surface area contributed by atoms with E-state index in [-0.39, 0.29) is 17.8 Å². The highest BCUT2D eigenvalue weighted by molar-refractivity contribution is 9.10. The molecule has 0 aliphatic heterocycles. The summed E-state index contributed by atoms with van der Waals surface area (Å²) in [5.74, 6) is -1.02. The van der Waals surface area contributed by atoms with Crippen LogP contribution in [0.5, 0.6) is 0 Å². The van der Waals surface area contributed by atoms with Crippen LogP contribution in [0.3, 0.4) is 0 Å². The van der Waals surface area contributed by atoms with E-state index in [4.69, 9.17) is 0 Å². The number of fused-ring (bicyclic) bond motifs is 1. The minimum Gasteiger partial charge on any atom is -0.378 e. The Kier molecular flexibility index (Phi) is 9.65. The van der Waals surface area contributed by atoms with Gasteiger partial charge in [0, 0.05) is 84.8 Å². The van der Waals surface area contributed by atoms with Gasteiger partial charge in [-0.3, -0.25) is 9.89 Å². The van der Waals surface area contributed by atoms with Gasteiger partial charge in [-0.05, 0) is 79.4 Å². The van der Waals surface area contributed by atoms with Crippen LogP contribution in [0.1, 0.15) is 27.2 Å². The number of pyridine rings is 2. The number of rotatable bonds is 7. The number of H-pyrrole nitrogens is 1. The molecule has 0 unspecified atom stereocenters. The summed E-state index contributed by atoms with van der Waals surface area (Å²) in [6.45, 7) is 0. The number of halogens is 3. The first-order chi connectivity index (χ1) is 19.1. The van der Waals surface area contributed by atoms with Gasteiger partial charge >= 0.3 is 0 Å². The molecule has 0 saturated heterocycles. The fraction of sp³-hybridized carbons (Fsp3) is 0.200. The summed E-state index contributed by atoms with van der Waals surface area (Å²) < 4.78 is 15.1. The number of Topliss-reactive ketones (excluding diaryl/α,β-unsaturated/α-hetero) is 1. The van der Waals surface area contributed by atoms with Gasteiger partial charge in [-0.15, -0.1) is 0 Å². The number of aromatic nitrogens is 4. The molecule has 40 heavy (non-hydrogen) atoms. The molecule has 3 aromatic heterocycles. The molecule has 0 fully saturated rings. The maximum atomic E-state index is 13.5. The van der Waals surface area contributed by atoms with Crippen molar-refractivity contribution in [2.75, 3.05) is 38.0 Å². The second kappa shape index (κ2) is 13.1. The molecular weight excluding hydrogens is 639 g/mol. The second-order valence-electron chi connectivity index (χ2n) is 9.62. The first kappa shape index (κ1) is 29.4. The fourth-order valence-corrected chi connectivity index (χ4v) is 4.65. The number of aromatic amines is 1. The molecular formula is C30H29Br2FN6O. The highest BCUT2D eigenvalue weighted by Crippen LogP contribution is 2.22. The van der Waals surface area contributed by atoms with Crippen molar-refractivity contribution in [2.45, 2.75) is 12.8 Å². The average Bonchev–Trinajstić information content (AvgIpc) is 3.32. The molecule has 5 rings (SSSR count). The number of carbonyl (C=O) groups is 1. The quantitative estimate of drug-likeness (QED) is 0.151. The van der Waals surface area contributed by atoms with E-state index in [1.165, 1.54) is 23.5 Å². The monoisotopic (exact) mass is 666 g/mol. The van der Waals surface area contributed by atoms with Gasteiger partial charge in [0.25, 0.3) is 0 Å². The Bertz CT molecular complexity index is 1600. The van der Waals surface area contributed by atoms with Crippen molar-refractivity contribution < 1.29 is 9.18 Å². The summed E-state index contributed by atoms with van der Waals surface area (Å²) in [6, 6.07) is 19.7. The molecule has 7 nitrogen and oxygen atoms in total. The van der Waals surface area contributed by atoms with Gasteiger partial charge < -0.3 is 9.80 Å². The van der Waals surface area contributed by atoms with Gasteiger partial charge in [-0.2, -0.15) is 9.49 Å². The summed E-state index contributed by atoms with van der Waals surface area (Å²) in [5, 5.41) is 8.39. The van der Waals surface area contributed by atoms with Crippen molar-refractivity contribution in [3.63, 3.8) is 0 Å². The lowest BCUT2D eigenvalue weighted by Crippen LogP contribution is -2.10. The van der Waals surface area contributed by atoms with E-state index < -0.39 is 5.95 Å². The van der Waals surface area contributed by atoms with Crippen LogP contribution in [0, 0.1) is 5.95 Å². The standard InChI is InChI=1S/C15H14BrFN2O.C15H15BrN4/c1-19(2)12-5-3-10(4-6-12)7-14(20)13-8-11(16)9-18-15(13)17;1-20(2)12-5-3-10(4-6-12)7-14-13-8-11(16)9-17-15(13)19-18-14/h3-6,8-9H,7H2,1-2H3;3-6,8-9H,7H2,1-2H3,(H,17,18,19). The predicted octanol–water partition coefficient (Wildman–Crippen LogP) is 6.85. The van der Waals surface area contributed by atoms with Crippen molar-refractivity contribution in [3.8, 4) is 0 Å². The van der Waals surface area contributed by atoms with E-state index in [1.54, 1.807) is 6.20 Å². The number of hydrogen-bond donors (Lipinski definition) is 1. The number of carbonyl (C=O) groups excluding carboxylic acids is 1. The van der Waals surface area contributed by atoms with Gasteiger partial charge in [0.1, 0.15) is 0 Å². The normalized spacial score (nSPS) is 10.7. The minimum absolute atomic E-state index is 0.0102. The van der Waals surface area contributed by atoms with Gasteiger partial charge in [-0.25, -0.2) is 9.97 Å². The number of ketones is 1. The van der Waals surface area contributed by atoms with Crippen molar-refractivity contribution in [2.24, 2.45) is 0 Å². The lowest BCUT2D eigenvalue weighted by molar-refractivity contribution is 0.0988. The van der Waals surface area contributed by atoms with Gasteiger partial charge in [-0.1, -0.05) is 24.3 Å². The molecule has 0 bridgehead atoms. The Morgan fingerprint density at radius 2 is 1.38 bits per heavy atom. The third-order valence-corrected chi connectivity index (χ3v) is 7.08. The van der Waals surface area contributed by atoms with E-state index in [1.807, 2.05) is 57.4 Å². The summed E-state index contributed by atoms with van der Waals surface area (Å²) in [5.41, 5.74) is 6.21. The molecule has 0 aliphatic carbocycles. The number of nitrogens with one attached hydrogen (secondary N) is 1. The zero-order chi connectivity index (χ0) is 28.8. The van der Waals surface area contributed by atoms with Crippen LogP contribution in [0.25, 0.3) is 11.0 Å². The fourth-order valence-electron chi connectivity index (χ4n) is 3.99. The topological polar surface area (TPSA) is 78.0 Å². The first-order valence-corrected chi connectivity index (χ1v) is 14.0. The van der Waals surface area contributed by atoms with Crippen molar-refractivity contribution in [1.82, 2.24) is 20.2 Å². The minimum atomic E-state index is -0.733. The molecule has 0 spiro atoms. The Labute approximate surface area is 249 Å². The van der Waals surface area contributed by atoms with Crippen molar-refractivity contribution in [1.29, 1.82) is 0 Å². The first-order valence-electron chi connectivity index (χ1n) is 12.5. The highest BCUT2D eigenvalue weighted by Gasteiger charge is 2.14. The van der Waals surface area contributed by atoms with Crippen LogP contribution < -0.4 is 9.80 Å². The Hall–Kier alpha value is -3.63. The molecule has 1 N–H and O–H groups in total. The Morgan fingerprint density at radius 1 is 0.825 bits per heavy atom. The van der Waals surface area contributed by atoms with Crippen LogP contribution in [0.4, 0.5) is 15.8 Å². The average molecular weight is 668 g/mol. The zero-order valence-corrected chi connectivity index (χ0v) is 25.8. The second-order valence-corrected chi connectivity index (χ2v) is 11.4. The number of hydrogen-bond acceptors (Lipinski definition) is 6. The number of nitrogens with zero attached hydrogens (tertiary/aromatic N) is 5. The molecule has 10 heteroatoms. The van der Waals surface area contributed by atoms with E-state index >= 15 is 0 Å². The summed E-state index contributed by atoms with van der Waals surface area (Å²) in [6.07, 6.45) is 4.07. The smallest absolute Gasteiger partial charge is 0.223 e. The molecule has 0 atom stereocenters. The third kappa shape index (κ3) is 7.51. The number of anilines is 2. The van der Waals surface area contributed by atoms with E-state index in [0.717, 1.165) is 38.9 Å². The Balaban J connectivity index is 0.000000185. The zero-order valence-electron chi connectivity index (χ0n) is 22.6. The molecule has 0 saturated carbocycles. The largest absolute Gasteiger partial charge is 0.378 e. The van der Waals surface area contributed by atoms with Crippen LogP contribution in [-0.2, 0) is 12.8 Å². The number of benzene rings is 2. The highest BCUT2D eigenvalue weighted by atomic mass is 79.9. The molecule has 5 aromatic rings. The van der Waals surface area contributed by atoms with Crippen LogP contribution in [0.2, 0.25) is 0 Å². The molecule has 0 aliphatic rings. The van der Waals surface area contributed by atoms with E-state index in [9.17, 15) is 9.18 Å². The summed E-state index contributed by atoms with van der Waals surface area (Å²) >= 11 is 6.64. The maximum absolute atomic E-state index is 13.5. The molecule has 2 aromatic carbocycles.